The fourth-order valence-electron chi connectivity index (χ4n) is 3.24. The average molecular weight is 354 g/mol. The molecule has 2 N–H and O–H groups in total. The van der Waals surface area contributed by atoms with Crippen molar-refractivity contribution < 1.29 is 19.4 Å². The van der Waals surface area contributed by atoms with Gasteiger partial charge in [-0.3, -0.25) is 0 Å². The van der Waals surface area contributed by atoms with Crippen molar-refractivity contribution in [3.8, 4) is 0 Å². The molecule has 24 heavy (non-hydrogen) atoms. The number of aliphatic carboxylic acids is 1. The highest BCUT2D eigenvalue weighted by Crippen LogP contribution is 2.38. The normalized spacial score (nSPS) is 23.8. The minimum atomic E-state index is -1.29. The first-order valence-corrected chi connectivity index (χ1v) is 8.49. The smallest absolute Gasteiger partial charge is 0.408 e. The minimum Gasteiger partial charge on any atom is -0.479 e. The largest absolute Gasteiger partial charge is 0.479 e. The lowest BCUT2D eigenvalue weighted by Gasteiger charge is -2.33. The zero-order valence-electron chi connectivity index (χ0n) is 14.3. The maximum Gasteiger partial charge on any atom is 0.408 e. The number of rotatable bonds is 4. The summed E-state index contributed by atoms with van der Waals surface area (Å²) in [4.78, 5) is 24.1. The van der Waals surface area contributed by atoms with Gasteiger partial charge < -0.3 is 15.2 Å². The van der Waals surface area contributed by atoms with Crippen LogP contribution in [0.5, 0.6) is 0 Å². The van der Waals surface area contributed by atoms with Gasteiger partial charge in [-0.1, -0.05) is 30.2 Å². The van der Waals surface area contributed by atoms with E-state index in [0.717, 1.165) is 18.4 Å². The molecule has 1 aliphatic rings. The summed E-state index contributed by atoms with van der Waals surface area (Å²) < 4.78 is 5.26. The fraction of sp³-hybridized carbons (Fsp3) is 0.556. The average Bonchev–Trinajstić information content (AvgIpc) is 2.83. The van der Waals surface area contributed by atoms with Crippen LogP contribution in [0.2, 0.25) is 5.02 Å². The Hall–Kier alpha value is -1.75. The molecular weight excluding hydrogens is 330 g/mol. The molecule has 2 rings (SSSR count). The lowest BCUT2D eigenvalue weighted by Crippen LogP contribution is -2.58. The zero-order chi connectivity index (χ0) is 18.0. The predicted molar refractivity (Wildman–Crippen MR) is 92.2 cm³/mol. The highest BCUT2D eigenvalue weighted by Gasteiger charge is 2.50. The van der Waals surface area contributed by atoms with E-state index in [1.54, 1.807) is 32.9 Å². The molecule has 0 aromatic heterocycles. The van der Waals surface area contributed by atoms with Crippen molar-refractivity contribution in [2.24, 2.45) is 5.92 Å². The summed E-state index contributed by atoms with van der Waals surface area (Å²) >= 11 is 5.90. The molecule has 1 saturated carbocycles. The minimum absolute atomic E-state index is 0.191. The molecule has 1 aromatic carbocycles. The van der Waals surface area contributed by atoms with Gasteiger partial charge in [-0.05, 0) is 63.6 Å². The van der Waals surface area contributed by atoms with Gasteiger partial charge in [0.1, 0.15) is 11.1 Å². The van der Waals surface area contributed by atoms with E-state index >= 15 is 0 Å². The summed E-state index contributed by atoms with van der Waals surface area (Å²) in [7, 11) is 0. The number of hydrogen-bond donors (Lipinski definition) is 2. The van der Waals surface area contributed by atoms with Crippen molar-refractivity contribution in [3.05, 3.63) is 34.9 Å². The van der Waals surface area contributed by atoms with Crippen molar-refractivity contribution >= 4 is 23.7 Å². The number of carbonyl (C=O) groups is 2. The number of ether oxygens (including phenoxy) is 1. The second-order valence-corrected chi connectivity index (χ2v) is 7.76. The van der Waals surface area contributed by atoms with Gasteiger partial charge in [-0.15, -0.1) is 0 Å². The summed E-state index contributed by atoms with van der Waals surface area (Å²) in [5.74, 6) is -1.20. The van der Waals surface area contributed by atoms with Crippen LogP contribution in [0.1, 0.15) is 45.6 Å². The van der Waals surface area contributed by atoms with E-state index in [1.165, 1.54) is 0 Å². The molecule has 0 saturated heterocycles. The third-order valence-electron chi connectivity index (χ3n) is 4.32. The number of halogens is 1. The second-order valence-electron chi connectivity index (χ2n) is 7.32. The van der Waals surface area contributed by atoms with Gasteiger partial charge >= 0.3 is 12.1 Å². The highest BCUT2D eigenvalue weighted by molar-refractivity contribution is 6.30. The topological polar surface area (TPSA) is 75.6 Å². The Balaban J connectivity index is 2.18. The molecule has 5 nitrogen and oxygen atoms in total. The Bertz CT molecular complexity index is 608. The van der Waals surface area contributed by atoms with E-state index in [2.05, 4.69) is 5.32 Å². The van der Waals surface area contributed by atoms with E-state index in [1.807, 2.05) is 12.1 Å². The number of alkyl carbamates (subject to hydrolysis) is 1. The Labute approximate surface area is 147 Å². The Kier molecular flexibility index (Phi) is 5.43. The molecule has 1 amide bonds. The first kappa shape index (κ1) is 18.6. The maximum atomic E-state index is 12.2. The van der Waals surface area contributed by atoms with Crippen LogP contribution < -0.4 is 5.32 Å². The molecule has 1 aliphatic carbocycles. The van der Waals surface area contributed by atoms with E-state index in [0.29, 0.717) is 17.9 Å². The van der Waals surface area contributed by atoms with Crippen molar-refractivity contribution in [3.63, 3.8) is 0 Å². The monoisotopic (exact) mass is 353 g/mol. The number of carbonyl (C=O) groups excluding carboxylic acids is 1. The van der Waals surface area contributed by atoms with Gasteiger partial charge in [0.25, 0.3) is 0 Å². The maximum absolute atomic E-state index is 12.2. The molecule has 0 spiro atoms. The molecule has 0 radical (unpaired) electrons. The van der Waals surface area contributed by atoms with Crippen LogP contribution in [0, 0.1) is 5.92 Å². The fourth-order valence-corrected chi connectivity index (χ4v) is 3.37. The van der Waals surface area contributed by atoms with Crippen LogP contribution in [0.15, 0.2) is 24.3 Å². The zero-order valence-corrected chi connectivity index (χ0v) is 15.0. The predicted octanol–water partition coefficient (Wildman–Crippen LogP) is 4.03. The highest BCUT2D eigenvalue weighted by atomic mass is 35.5. The first-order valence-electron chi connectivity index (χ1n) is 8.11. The van der Waals surface area contributed by atoms with Crippen LogP contribution in [0.3, 0.4) is 0 Å². The van der Waals surface area contributed by atoms with Crippen LogP contribution in [0.25, 0.3) is 0 Å². The molecule has 2 unspecified atom stereocenters. The molecule has 0 bridgehead atoms. The lowest BCUT2D eigenvalue weighted by atomic mass is 9.82. The summed E-state index contributed by atoms with van der Waals surface area (Å²) in [6.07, 6.45) is 1.78. The number of hydrogen-bond acceptors (Lipinski definition) is 3. The second kappa shape index (κ2) is 7.01. The Morgan fingerprint density at radius 1 is 1.33 bits per heavy atom. The van der Waals surface area contributed by atoms with Gasteiger partial charge in [-0.2, -0.15) is 0 Å². The van der Waals surface area contributed by atoms with Gasteiger partial charge in [-0.25, -0.2) is 9.59 Å². The van der Waals surface area contributed by atoms with Gasteiger partial charge in [0, 0.05) is 5.02 Å². The third-order valence-corrected chi connectivity index (χ3v) is 4.57. The van der Waals surface area contributed by atoms with Crippen LogP contribution in [0.4, 0.5) is 4.79 Å². The molecule has 6 heteroatoms. The number of carboxylic acid groups (broad SMARTS) is 1. The summed E-state index contributed by atoms with van der Waals surface area (Å²) in [6, 6.07) is 7.35. The lowest BCUT2D eigenvalue weighted by molar-refractivity contribution is -0.146. The van der Waals surface area contributed by atoms with Crippen LogP contribution >= 0.6 is 11.6 Å². The molecule has 132 valence electrons. The van der Waals surface area contributed by atoms with E-state index < -0.39 is 23.2 Å². The molecule has 0 aliphatic heterocycles. The molecule has 1 fully saturated rings. The summed E-state index contributed by atoms with van der Waals surface area (Å²) in [5, 5.41) is 13.1. The Morgan fingerprint density at radius 2 is 1.96 bits per heavy atom. The standard InChI is InChI=1S/C18H24ClNO4/c1-17(2,3)24-16(23)20-18(15(21)22)10-4-5-13(18)11-12-6-8-14(19)9-7-12/h6-9,13H,4-5,10-11H2,1-3H3,(H,20,23)(H,21,22). The quantitative estimate of drug-likeness (QED) is 0.856. The number of nitrogens with one attached hydrogen (secondary N) is 1. The summed E-state index contributed by atoms with van der Waals surface area (Å²) in [6.45, 7) is 5.25. The molecule has 2 atom stereocenters. The van der Waals surface area contributed by atoms with Crippen molar-refractivity contribution in [2.75, 3.05) is 0 Å². The summed E-state index contributed by atoms with van der Waals surface area (Å²) in [5.41, 5.74) is -0.960. The van der Waals surface area contributed by atoms with Crippen molar-refractivity contribution in [1.82, 2.24) is 5.32 Å². The van der Waals surface area contributed by atoms with E-state index in [9.17, 15) is 14.7 Å². The van der Waals surface area contributed by atoms with Gasteiger partial charge in [0.05, 0.1) is 0 Å². The van der Waals surface area contributed by atoms with Crippen molar-refractivity contribution in [1.29, 1.82) is 0 Å². The third kappa shape index (κ3) is 4.41. The van der Waals surface area contributed by atoms with E-state index in [4.69, 9.17) is 16.3 Å². The molecule has 0 heterocycles. The van der Waals surface area contributed by atoms with E-state index in [-0.39, 0.29) is 5.92 Å². The number of carboxylic acids is 1. The van der Waals surface area contributed by atoms with Gasteiger partial charge in [0.15, 0.2) is 0 Å². The Morgan fingerprint density at radius 3 is 2.50 bits per heavy atom. The first-order chi connectivity index (χ1) is 11.1. The van der Waals surface area contributed by atoms with Crippen LogP contribution in [-0.4, -0.2) is 28.3 Å². The van der Waals surface area contributed by atoms with Gasteiger partial charge in [0.2, 0.25) is 0 Å². The number of amides is 1. The van der Waals surface area contributed by atoms with Crippen LogP contribution in [-0.2, 0) is 16.0 Å². The molecular formula is C18H24ClNO4. The molecule has 1 aromatic rings. The van der Waals surface area contributed by atoms with Crippen molar-refractivity contribution in [2.45, 2.75) is 57.6 Å². The number of benzene rings is 1. The SMILES string of the molecule is CC(C)(C)OC(=O)NC1(C(=O)O)CCCC1Cc1ccc(Cl)cc1.